The van der Waals surface area contributed by atoms with E-state index in [1.165, 1.54) is 5.56 Å². The number of methoxy groups -OCH3 is 1. The first-order valence-electron chi connectivity index (χ1n) is 7.75. The fourth-order valence-corrected chi connectivity index (χ4v) is 3.35. The van der Waals surface area contributed by atoms with Crippen molar-refractivity contribution in [3.05, 3.63) is 71.8 Å². The molecule has 3 nitrogen and oxygen atoms in total. The van der Waals surface area contributed by atoms with Gasteiger partial charge in [-0.1, -0.05) is 60.7 Å². The van der Waals surface area contributed by atoms with Crippen LogP contribution < -0.4 is 0 Å². The molecule has 1 aliphatic rings. The van der Waals surface area contributed by atoms with Crippen LogP contribution in [-0.2, 0) is 10.3 Å². The summed E-state index contributed by atoms with van der Waals surface area (Å²) in [5.74, 6) is 0. The van der Waals surface area contributed by atoms with Gasteiger partial charge in [0, 0.05) is 26.2 Å². The highest BCUT2D eigenvalue weighted by Crippen LogP contribution is 2.37. The first kappa shape index (κ1) is 15.2. The molecule has 1 N–H and O–H groups in total. The number of aliphatic hydroxyl groups is 1. The molecule has 1 aliphatic heterocycles. The Hall–Kier alpha value is -1.68. The van der Waals surface area contributed by atoms with Gasteiger partial charge in [-0.25, -0.2) is 0 Å². The molecule has 0 spiro atoms. The van der Waals surface area contributed by atoms with E-state index in [4.69, 9.17) is 4.74 Å². The molecule has 116 valence electrons. The van der Waals surface area contributed by atoms with Crippen LogP contribution in [0.2, 0.25) is 0 Å². The van der Waals surface area contributed by atoms with Crippen LogP contribution in [0.5, 0.6) is 0 Å². The molecule has 0 aromatic heterocycles. The van der Waals surface area contributed by atoms with Crippen molar-refractivity contribution in [3.63, 3.8) is 0 Å². The predicted molar refractivity (Wildman–Crippen MR) is 87.6 cm³/mol. The molecular formula is C19H23NO2. The molecule has 2 aromatic carbocycles. The number of β-amino-alcohol motifs (C(OH)–C–C–N with tert-alkyl or cyclic N) is 1. The number of hydrogen-bond acceptors (Lipinski definition) is 3. The summed E-state index contributed by atoms with van der Waals surface area (Å²) in [7, 11) is 1.68. The maximum atomic E-state index is 11.2. The van der Waals surface area contributed by atoms with E-state index in [9.17, 15) is 5.11 Å². The van der Waals surface area contributed by atoms with Crippen molar-refractivity contribution >= 4 is 0 Å². The van der Waals surface area contributed by atoms with Crippen molar-refractivity contribution < 1.29 is 9.84 Å². The van der Waals surface area contributed by atoms with Gasteiger partial charge in [0.05, 0.1) is 0 Å². The van der Waals surface area contributed by atoms with Gasteiger partial charge in [-0.3, -0.25) is 4.90 Å². The zero-order chi connectivity index (χ0) is 15.6. The number of hydrogen-bond donors (Lipinski definition) is 1. The van der Waals surface area contributed by atoms with Crippen molar-refractivity contribution in [1.29, 1.82) is 0 Å². The summed E-state index contributed by atoms with van der Waals surface area (Å²) >= 11 is 0. The van der Waals surface area contributed by atoms with Gasteiger partial charge in [-0.2, -0.15) is 0 Å². The van der Waals surface area contributed by atoms with E-state index in [0.717, 1.165) is 12.1 Å². The number of nitrogens with zero attached hydrogens (tertiary/aromatic N) is 1. The lowest BCUT2D eigenvalue weighted by atomic mass is 9.91. The average Bonchev–Trinajstić information content (AvgIpc) is 2.94. The third-order valence-corrected chi connectivity index (χ3v) is 4.77. The van der Waals surface area contributed by atoms with Gasteiger partial charge in [0.15, 0.2) is 0 Å². The van der Waals surface area contributed by atoms with Crippen molar-refractivity contribution in [2.45, 2.75) is 24.7 Å². The second kappa shape index (κ2) is 6.21. The Morgan fingerprint density at radius 3 is 2.27 bits per heavy atom. The predicted octanol–water partition coefficient (Wildman–Crippen LogP) is 2.97. The van der Waals surface area contributed by atoms with Gasteiger partial charge < -0.3 is 9.84 Å². The highest BCUT2D eigenvalue weighted by molar-refractivity contribution is 5.27. The molecule has 3 atom stereocenters. The Kier molecular flexibility index (Phi) is 4.30. The molecule has 0 amide bonds. The summed E-state index contributed by atoms with van der Waals surface area (Å²) in [5.41, 5.74) is 1.22. The third-order valence-electron chi connectivity index (χ3n) is 4.77. The minimum atomic E-state index is -0.959. The zero-order valence-corrected chi connectivity index (χ0v) is 13.1. The Labute approximate surface area is 132 Å². The number of ether oxygens (including phenoxy) is 1. The minimum Gasteiger partial charge on any atom is -0.381 e. The highest BCUT2D eigenvalue weighted by Gasteiger charge is 2.48. The lowest BCUT2D eigenvalue weighted by Crippen LogP contribution is -2.39. The standard InChI is InChI=1S/C19H23NO2/c1-15(16-9-5-3-6-10-16)20-13-18(22-2)19(21,14-20)17-11-7-4-8-12-17/h3-12,15,18,21H,13-14H2,1-2H3/t15-,18+,19+/m1/s1. The number of likely N-dealkylation sites (tertiary alicyclic amines) is 1. The fourth-order valence-electron chi connectivity index (χ4n) is 3.35. The highest BCUT2D eigenvalue weighted by atomic mass is 16.5. The molecule has 0 saturated carbocycles. The quantitative estimate of drug-likeness (QED) is 0.942. The third kappa shape index (κ3) is 2.68. The Bertz CT molecular complexity index is 601. The van der Waals surface area contributed by atoms with Crippen molar-refractivity contribution in [2.24, 2.45) is 0 Å². The molecule has 22 heavy (non-hydrogen) atoms. The SMILES string of the molecule is CO[C@H]1CN([C@H](C)c2ccccc2)C[C@]1(O)c1ccccc1. The van der Waals surface area contributed by atoms with E-state index in [1.807, 2.05) is 36.4 Å². The van der Waals surface area contributed by atoms with Crippen LogP contribution in [-0.4, -0.2) is 36.3 Å². The topological polar surface area (TPSA) is 32.7 Å². The molecular weight excluding hydrogens is 274 g/mol. The normalized spacial score (nSPS) is 27.0. The maximum Gasteiger partial charge on any atom is 0.129 e. The zero-order valence-electron chi connectivity index (χ0n) is 13.1. The van der Waals surface area contributed by atoms with Gasteiger partial charge in [0.2, 0.25) is 0 Å². The molecule has 2 aromatic rings. The van der Waals surface area contributed by atoms with Crippen LogP contribution in [0.15, 0.2) is 60.7 Å². The molecule has 0 radical (unpaired) electrons. The summed E-state index contributed by atoms with van der Waals surface area (Å²) in [6, 6.07) is 20.5. The molecule has 3 rings (SSSR count). The van der Waals surface area contributed by atoms with Gasteiger partial charge in [0.1, 0.15) is 11.7 Å². The van der Waals surface area contributed by atoms with Crippen molar-refractivity contribution in [3.8, 4) is 0 Å². The van der Waals surface area contributed by atoms with E-state index in [0.29, 0.717) is 6.54 Å². The van der Waals surface area contributed by atoms with E-state index < -0.39 is 5.60 Å². The van der Waals surface area contributed by atoms with Gasteiger partial charge in [0.25, 0.3) is 0 Å². The average molecular weight is 297 g/mol. The second-order valence-electron chi connectivity index (χ2n) is 6.03. The molecule has 0 unspecified atom stereocenters. The van der Waals surface area contributed by atoms with Crippen LogP contribution in [0.25, 0.3) is 0 Å². The molecule has 1 heterocycles. The number of rotatable bonds is 4. The van der Waals surface area contributed by atoms with E-state index in [-0.39, 0.29) is 12.1 Å². The summed E-state index contributed by atoms with van der Waals surface area (Å²) in [4.78, 5) is 2.29. The van der Waals surface area contributed by atoms with Crippen molar-refractivity contribution in [2.75, 3.05) is 20.2 Å². The van der Waals surface area contributed by atoms with Crippen LogP contribution in [0.3, 0.4) is 0 Å². The fraction of sp³-hybridized carbons (Fsp3) is 0.368. The molecule has 0 bridgehead atoms. The monoisotopic (exact) mass is 297 g/mol. The van der Waals surface area contributed by atoms with Gasteiger partial charge >= 0.3 is 0 Å². The van der Waals surface area contributed by atoms with Crippen LogP contribution >= 0.6 is 0 Å². The van der Waals surface area contributed by atoms with Gasteiger partial charge in [-0.05, 0) is 18.1 Å². The lowest BCUT2D eigenvalue weighted by Gasteiger charge is -2.29. The Morgan fingerprint density at radius 2 is 1.68 bits per heavy atom. The molecule has 1 saturated heterocycles. The minimum absolute atomic E-state index is 0.221. The first-order chi connectivity index (χ1) is 10.6. The van der Waals surface area contributed by atoms with Crippen LogP contribution in [0, 0.1) is 0 Å². The first-order valence-corrected chi connectivity index (χ1v) is 7.75. The van der Waals surface area contributed by atoms with E-state index in [2.05, 4.69) is 36.1 Å². The smallest absolute Gasteiger partial charge is 0.129 e. The lowest BCUT2D eigenvalue weighted by molar-refractivity contribution is -0.0654. The molecule has 0 aliphatic carbocycles. The summed E-state index contributed by atoms with van der Waals surface area (Å²) in [6.07, 6.45) is -0.221. The van der Waals surface area contributed by atoms with Crippen LogP contribution in [0.1, 0.15) is 24.1 Å². The maximum absolute atomic E-state index is 11.2. The summed E-state index contributed by atoms with van der Waals surface area (Å²) in [6.45, 7) is 3.47. The summed E-state index contributed by atoms with van der Waals surface area (Å²) in [5, 5.41) is 11.2. The summed E-state index contributed by atoms with van der Waals surface area (Å²) < 4.78 is 5.61. The Balaban J connectivity index is 1.86. The molecule has 3 heteroatoms. The molecule has 1 fully saturated rings. The van der Waals surface area contributed by atoms with Crippen LogP contribution in [0.4, 0.5) is 0 Å². The van der Waals surface area contributed by atoms with Crippen molar-refractivity contribution in [1.82, 2.24) is 4.90 Å². The van der Waals surface area contributed by atoms with E-state index >= 15 is 0 Å². The largest absolute Gasteiger partial charge is 0.381 e. The van der Waals surface area contributed by atoms with E-state index in [1.54, 1.807) is 7.11 Å². The number of benzene rings is 2. The second-order valence-corrected chi connectivity index (χ2v) is 6.03. The Morgan fingerprint density at radius 1 is 1.09 bits per heavy atom. The van der Waals surface area contributed by atoms with Gasteiger partial charge in [-0.15, -0.1) is 0 Å².